The molecule has 168 valence electrons. The minimum atomic E-state index is -0.696. The molecule has 0 bridgehead atoms. The van der Waals surface area contributed by atoms with Gasteiger partial charge in [0.2, 0.25) is 0 Å². The fourth-order valence-corrected chi connectivity index (χ4v) is 4.51. The predicted molar refractivity (Wildman–Crippen MR) is 135 cm³/mol. The molecule has 0 amide bonds. The quantitative estimate of drug-likeness (QED) is 0.367. The van der Waals surface area contributed by atoms with Crippen LogP contribution in [0.2, 0.25) is 10.0 Å². The van der Waals surface area contributed by atoms with Crippen molar-refractivity contribution in [3.05, 3.63) is 105 Å². The lowest BCUT2D eigenvalue weighted by Gasteiger charge is -2.36. The van der Waals surface area contributed by atoms with E-state index in [1.54, 1.807) is 0 Å². The van der Waals surface area contributed by atoms with Gasteiger partial charge in [0.1, 0.15) is 0 Å². The maximum absolute atomic E-state index is 9.93. The minimum absolute atomic E-state index is 0.0245. The number of nitrogens with zero attached hydrogens (tertiary/aromatic N) is 2. The number of rotatable bonds is 8. The van der Waals surface area contributed by atoms with E-state index in [2.05, 4.69) is 30.4 Å². The van der Waals surface area contributed by atoms with E-state index in [0.29, 0.717) is 15.6 Å². The lowest BCUT2D eigenvalue weighted by atomic mass is 9.79. The Bertz CT molecular complexity index is 1170. The maximum atomic E-state index is 9.93. The van der Waals surface area contributed by atoms with Gasteiger partial charge in [-0.2, -0.15) is 10.5 Å². The standard InChI is InChI=1S/C28H27Cl2N3/c1-19(33-27(28(2,3)18-32)24-9-4-5-10-26(24)30)25(16-20-11-13-23(29)14-12-20)22-8-6-7-21(15-22)17-31/h4-15,19,25,27,33H,16H2,1-3H3/t19-,25+,27?/m0/s1. The summed E-state index contributed by atoms with van der Waals surface area (Å²) in [6.07, 6.45) is 0.752. The molecule has 0 aliphatic carbocycles. The summed E-state index contributed by atoms with van der Waals surface area (Å²) in [5, 5.41) is 24.4. The van der Waals surface area contributed by atoms with Crippen molar-refractivity contribution in [1.82, 2.24) is 5.32 Å². The van der Waals surface area contributed by atoms with Crippen LogP contribution in [0.15, 0.2) is 72.8 Å². The summed E-state index contributed by atoms with van der Waals surface area (Å²) in [5.41, 5.74) is 3.04. The van der Waals surface area contributed by atoms with E-state index in [9.17, 15) is 10.5 Å². The average Bonchev–Trinajstić information content (AvgIpc) is 2.82. The molecule has 5 heteroatoms. The fourth-order valence-electron chi connectivity index (χ4n) is 4.14. The van der Waals surface area contributed by atoms with E-state index in [0.717, 1.165) is 23.1 Å². The number of nitriles is 2. The zero-order valence-corrected chi connectivity index (χ0v) is 20.5. The summed E-state index contributed by atoms with van der Waals surface area (Å²) in [6.45, 7) is 5.97. The van der Waals surface area contributed by atoms with Gasteiger partial charge in [-0.05, 0) is 74.2 Å². The Morgan fingerprint density at radius 1 is 0.939 bits per heavy atom. The largest absolute Gasteiger partial charge is 0.305 e. The molecule has 3 aromatic rings. The van der Waals surface area contributed by atoms with Crippen LogP contribution in [0.4, 0.5) is 0 Å². The third-order valence-corrected chi connectivity index (χ3v) is 6.67. The molecule has 0 spiro atoms. The second kappa shape index (κ2) is 10.9. The molecule has 1 N–H and O–H groups in total. The Balaban J connectivity index is 2.00. The first-order valence-corrected chi connectivity index (χ1v) is 11.7. The molecule has 0 aliphatic heterocycles. The molecule has 0 heterocycles. The average molecular weight is 476 g/mol. The Labute approximate surface area is 206 Å². The molecule has 0 saturated carbocycles. The van der Waals surface area contributed by atoms with Gasteiger partial charge in [-0.3, -0.25) is 0 Å². The van der Waals surface area contributed by atoms with Gasteiger partial charge in [0.05, 0.1) is 29.2 Å². The highest BCUT2D eigenvalue weighted by Crippen LogP contribution is 2.38. The third kappa shape index (κ3) is 6.16. The van der Waals surface area contributed by atoms with Crippen LogP contribution in [-0.2, 0) is 6.42 Å². The number of hydrogen-bond acceptors (Lipinski definition) is 3. The zero-order valence-electron chi connectivity index (χ0n) is 19.0. The van der Waals surface area contributed by atoms with Gasteiger partial charge in [0.15, 0.2) is 0 Å². The molecule has 0 fully saturated rings. The van der Waals surface area contributed by atoms with Crippen molar-refractivity contribution in [2.24, 2.45) is 5.41 Å². The van der Waals surface area contributed by atoms with Gasteiger partial charge in [-0.25, -0.2) is 0 Å². The topological polar surface area (TPSA) is 59.6 Å². The van der Waals surface area contributed by atoms with Gasteiger partial charge in [-0.15, -0.1) is 0 Å². The number of benzene rings is 3. The molecule has 1 unspecified atom stereocenters. The highest BCUT2D eigenvalue weighted by molar-refractivity contribution is 6.31. The summed E-state index contributed by atoms with van der Waals surface area (Å²) in [5.74, 6) is 0.0546. The second-order valence-electron chi connectivity index (χ2n) is 8.92. The van der Waals surface area contributed by atoms with E-state index in [1.807, 2.05) is 80.6 Å². The minimum Gasteiger partial charge on any atom is -0.305 e. The number of halogens is 2. The third-order valence-electron chi connectivity index (χ3n) is 6.07. The van der Waals surface area contributed by atoms with Gasteiger partial charge in [0.25, 0.3) is 0 Å². The van der Waals surface area contributed by atoms with Gasteiger partial charge in [0, 0.05) is 22.0 Å². The van der Waals surface area contributed by atoms with Crippen LogP contribution in [0.3, 0.4) is 0 Å². The molecule has 0 aromatic heterocycles. The first-order chi connectivity index (χ1) is 15.7. The van der Waals surface area contributed by atoms with Gasteiger partial charge < -0.3 is 5.32 Å². The number of hydrogen-bond donors (Lipinski definition) is 1. The van der Waals surface area contributed by atoms with Crippen molar-refractivity contribution in [3.63, 3.8) is 0 Å². The molecule has 3 atom stereocenters. The number of nitrogens with one attached hydrogen (secondary N) is 1. The first kappa shape index (κ1) is 24.8. The van der Waals surface area contributed by atoms with Crippen LogP contribution < -0.4 is 5.32 Å². The summed E-state index contributed by atoms with van der Waals surface area (Å²) >= 11 is 12.6. The molecular formula is C28H27Cl2N3. The van der Waals surface area contributed by atoms with Crippen molar-refractivity contribution < 1.29 is 0 Å². The van der Waals surface area contributed by atoms with Crippen LogP contribution in [0.25, 0.3) is 0 Å². The van der Waals surface area contributed by atoms with E-state index in [4.69, 9.17) is 23.2 Å². The monoisotopic (exact) mass is 475 g/mol. The highest BCUT2D eigenvalue weighted by Gasteiger charge is 2.35. The SMILES string of the molecule is C[C@H](NC(c1ccccc1Cl)C(C)(C)C#N)[C@@H](Cc1ccc(Cl)cc1)c1cccc(C#N)c1. The van der Waals surface area contributed by atoms with Gasteiger partial charge >= 0.3 is 0 Å². The van der Waals surface area contributed by atoms with Crippen LogP contribution in [-0.4, -0.2) is 6.04 Å². The van der Waals surface area contributed by atoms with Crippen LogP contribution in [0.1, 0.15) is 55.0 Å². The summed E-state index contributed by atoms with van der Waals surface area (Å²) < 4.78 is 0. The van der Waals surface area contributed by atoms with Crippen molar-refractivity contribution in [2.45, 2.75) is 45.2 Å². The molecule has 3 rings (SSSR count). The van der Waals surface area contributed by atoms with E-state index >= 15 is 0 Å². The van der Waals surface area contributed by atoms with Crippen molar-refractivity contribution in [3.8, 4) is 12.1 Å². The molecule has 0 radical (unpaired) electrons. The fraction of sp³-hybridized carbons (Fsp3) is 0.286. The van der Waals surface area contributed by atoms with Crippen molar-refractivity contribution >= 4 is 23.2 Å². The molecule has 33 heavy (non-hydrogen) atoms. The predicted octanol–water partition coefficient (Wildman–Crippen LogP) is 7.46. The van der Waals surface area contributed by atoms with E-state index < -0.39 is 5.41 Å². The van der Waals surface area contributed by atoms with Crippen molar-refractivity contribution in [2.75, 3.05) is 0 Å². The normalized spacial score (nSPS) is 14.0. The molecule has 0 saturated heterocycles. The zero-order chi connectivity index (χ0) is 24.0. The van der Waals surface area contributed by atoms with Crippen LogP contribution in [0, 0.1) is 28.1 Å². The Morgan fingerprint density at radius 2 is 1.64 bits per heavy atom. The van der Waals surface area contributed by atoms with Crippen LogP contribution >= 0.6 is 23.2 Å². The highest BCUT2D eigenvalue weighted by atomic mass is 35.5. The summed E-state index contributed by atoms with van der Waals surface area (Å²) in [7, 11) is 0. The van der Waals surface area contributed by atoms with Crippen LogP contribution in [0.5, 0.6) is 0 Å². The lowest BCUT2D eigenvalue weighted by Crippen LogP contribution is -2.42. The van der Waals surface area contributed by atoms with E-state index in [-0.39, 0.29) is 18.0 Å². The van der Waals surface area contributed by atoms with Gasteiger partial charge in [-0.1, -0.05) is 65.7 Å². The summed E-state index contributed by atoms with van der Waals surface area (Å²) in [6, 6.07) is 27.6. The lowest BCUT2D eigenvalue weighted by molar-refractivity contribution is 0.281. The van der Waals surface area contributed by atoms with E-state index in [1.165, 1.54) is 0 Å². The Hall–Kier alpha value is -2.82. The molecule has 0 aliphatic rings. The maximum Gasteiger partial charge on any atom is 0.0991 e. The Morgan fingerprint density at radius 3 is 2.27 bits per heavy atom. The second-order valence-corrected chi connectivity index (χ2v) is 9.76. The molecule has 3 nitrogen and oxygen atoms in total. The molecule has 3 aromatic carbocycles. The first-order valence-electron chi connectivity index (χ1n) is 10.9. The molecular weight excluding hydrogens is 449 g/mol. The van der Waals surface area contributed by atoms with Crippen molar-refractivity contribution in [1.29, 1.82) is 10.5 Å². The smallest absolute Gasteiger partial charge is 0.0991 e. The summed E-state index contributed by atoms with van der Waals surface area (Å²) in [4.78, 5) is 0. The Kier molecular flexibility index (Phi) is 8.17.